The number of ether oxygens (including phenoxy) is 2. The highest BCUT2D eigenvalue weighted by atomic mass is 19.1. The van der Waals surface area contributed by atoms with Crippen LogP contribution in [-0.4, -0.2) is 70.9 Å². The van der Waals surface area contributed by atoms with E-state index < -0.39 is 0 Å². The molecule has 37 heavy (non-hydrogen) atoms. The summed E-state index contributed by atoms with van der Waals surface area (Å²) in [5.74, 6) is 1.69. The molecule has 3 heterocycles. The van der Waals surface area contributed by atoms with E-state index in [1.165, 1.54) is 12.1 Å². The van der Waals surface area contributed by atoms with E-state index in [-0.39, 0.29) is 5.82 Å². The molecule has 4 aromatic rings. The van der Waals surface area contributed by atoms with Crippen LogP contribution in [0.15, 0.2) is 54.7 Å². The number of aromatic nitrogens is 3. The van der Waals surface area contributed by atoms with Gasteiger partial charge in [-0.25, -0.2) is 9.37 Å². The summed E-state index contributed by atoms with van der Waals surface area (Å²) in [5.41, 5.74) is 3.47. The Bertz CT molecular complexity index is 1340. The number of benzene rings is 2. The topological polar surface area (TPSA) is 78.5 Å². The number of aryl methyl sites for hydroxylation is 1. The average Bonchev–Trinajstić information content (AvgIpc) is 3.33. The zero-order valence-electron chi connectivity index (χ0n) is 21.3. The Morgan fingerprint density at radius 1 is 1.03 bits per heavy atom. The first kappa shape index (κ1) is 25.0. The molecule has 5 rings (SSSR count). The minimum atomic E-state index is -0.267. The largest absolute Gasteiger partial charge is 0.489 e. The van der Waals surface area contributed by atoms with Crippen molar-refractivity contribution in [2.75, 3.05) is 51.2 Å². The summed E-state index contributed by atoms with van der Waals surface area (Å²) in [7, 11) is 0. The lowest BCUT2D eigenvalue weighted by molar-refractivity contribution is 0.120. The van der Waals surface area contributed by atoms with E-state index in [1.54, 1.807) is 12.3 Å². The highest BCUT2D eigenvalue weighted by Crippen LogP contribution is 2.32. The predicted molar refractivity (Wildman–Crippen MR) is 143 cm³/mol. The highest BCUT2D eigenvalue weighted by molar-refractivity contribution is 5.95. The molecule has 2 aromatic heterocycles. The fraction of sp³-hybridized carbons (Fsp3) is 0.357. The highest BCUT2D eigenvalue weighted by Gasteiger charge is 2.17. The lowest BCUT2D eigenvalue weighted by atomic mass is 10.2. The zero-order valence-corrected chi connectivity index (χ0v) is 21.3. The summed E-state index contributed by atoms with van der Waals surface area (Å²) >= 11 is 0. The van der Waals surface area contributed by atoms with Crippen molar-refractivity contribution in [3.05, 3.63) is 71.7 Å². The van der Waals surface area contributed by atoms with Crippen molar-refractivity contribution < 1.29 is 13.9 Å². The van der Waals surface area contributed by atoms with E-state index in [9.17, 15) is 4.39 Å². The van der Waals surface area contributed by atoms with Crippen LogP contribution in [0.3, 0.4) is 0 Å². The van der Waals surface area contributed by atoms with Gasteiger partial charge < -0.3 is 19.7 Å². The Hall–Kier alpha value is -3.69. The van der Waals surface area contributed by atoms with Gasteiger partial charge in [-0.1, -0.05) is 19.1 Å². The number of hydrogen-bond donors (Lipinski definition) is 2. The van der Waals surface area contributed by atoms with Gasteiger partial charge in [0.2, 0.25) is 5.88 Å². The maximum Gasteiger partial charge on any atom is 0.244 e. The molecule has 2 aromatic carbocycles. The van der Waals surface area contributed by atoms with Crippen LogP contribution in [0, 0.1) is 12.7 Å². The zero-order chi connectivity index (χ0) is 25.6. The monoisotopic (exact) mass is 504 g/mol. The van der Waals surface area contributed by atoms with Crippen LogP contribution >= 0.6 is 0 Å². The summed E-state index contributed by atoms with van der Waals surface area (Å²) in [5, 5.41) is 11.7. The van der Waals surface area contributed by atoms with Crippen molar-refractivity contribution in [1.82, 2.24) is 25.0 Å². The molecule has 0 unspecified atom stereocenters. The number of aromatic amines is 1. The molecule has 1 aliphatic rings. The van der Waals surface area contributed by atoms with Gasteiger partial charge in [0.15, 0.2) is 0 Å². The number of pyridine rings is 1. The Morgan fingerprint density at radius 2 is 1.86 bits per heavy atom. The third-order valence-corrected chi connectivity index (χ3v) is 6.72. The first-order valence-corrected chi connectivity index (χ1v) is 12.7. The normalized spacial score (nSPS) is 14.7. The molecule has 0 saturated carbocycles. The van der Waals surface area contributed by atoms with E-state index in [4.69, 9.17) is 9.47 Å². The van der Waals surface area contributed by atoms with Gasteiger partial charge >= 0.3 is 0 Å². The third-order valence-electron chi connectivity index (χ3n) is 6.72. The van der Waals surface area contributed by atoms with Crippen LogP contribution in [0.25, 0.3) is 10.9 Å². The maximum atomic E-state index is 13.4. The van der Waals surface area contributed by atoms with Crippen LogP contribution in [0.5, 0.6) is 11.6 Å². The van der Waals surface area contributed by atoms with Crippen molar-refractivity contribution in [2.45, 2.75) is 20.5 Å². The number of fused-ring (bicyclic) bond motifs is 1. The number of nitrogens with one attached hydrogen (secondary N) is 2. The molecule has 0 spiro atoms. The van der Waals surface area contributed by atoms with Gasteiger partial charge in [-0.3, -0.25) is 10.00 Å². The Labute approximate surface area is 216 Å². The van der Waals surface area contributed by atoms with Crippen molar-refractivity contribution >= 4 is 22.4 Å². The van der Waals surface area contributed by atoms with Gasteiger partial charge in [0.25, 0.3) is 0 Å². The lowest BCUT2D eigenvalue weighted by Gasteiger charge is -2.33. The molecule has 8 nitrogen and oxygen atoms in total. The number of anilines is 2. The van der Waals surface area contributed by atoms with Crippen molar-refractivity contribution in [1.29, 1.82) is 0 Å². The summed E-state index contributed by atoms with van der Waals surface area (Å²) in [6, 6.07) is 14.2. The predicted octanol–water partition coefficient (Wildman–Crippen LogP) is 4.74. The van der Waals surface area contributed by atoms with E-state index in [0.717, 1.165) is 72.7 Å². The first-order valence-electron chi connectivity index (χ1n) is 12.7. The van der Waals surface area contributed by atoms with Crippen LogP contribution in [0.4, 0.5) is 15.9 Å². The molecule has 194 valence electrons. The van der Waals surface area contributed by atoms with Gasteiger partial charge in [0, 0.05) is 44.6 Å². The Balaban J connectivity index is 1.23. The fourth-order valence-electron chi connectivity index (χ4n) is 4.55. The summed E-state index contributed by atoms with van der Waals surface area (Å²) in [6.07, 6.45) is 1.74. The molecular formula is C28H33FN6O2. The number of hydrogen-bond acceptors (Lipinski definition) is 7. The van der Waals surface area contributed by atoms with Gasteiger partial charge in [-0.15, -0.1) is 5.10 Å². The Kier molecular flexibility index (Phi) is 7.82. The SMILES string of the molecule is CCN1CCN(CCOc2n[nH]c3ccnc(Nc4ccc(OCc5cccc(F)c5)c(C)c4)c23)CC1. The summed E-state index contributed by atoms with van der Waals surface area (Å²) in [4.78, 5) is 9.45. The van der Waals surface area contributed by atoms with Crippen LogP contribution in [0.2, 0.25) is 0 Å². The first-order chi connectivity index (χ1) is 18.1. The van der Waals surface area contributed by atoms with Crippen LogP contribution in [-0.2, 0) is 6.61 Å². The molecule has 0 aliphatic carbocycles. The molecule has 1 saturated heterocycles. The van der Waals surface area contributed by atoms with E-state index in [2.05, 4.69) is 37.2 Å². The van der Waals surface area contributed by atoms with E-state index in [0.29, 0.717) is 24.9 Å². The number of rotatable bonds is 10. The van der Waals surface area contributed by atoms with Gasteiger partial charge in [-0.2, -0.15) is 0 Å². The number of H-pyrrole nitrogens is 1. The van der Waals surface area contributed by atoms with Gasteiger partial charge in [0.05, 0.1) is 5.52 Å². The van der Waals surface area contributed by atoms with E-state index >= 15 is 0 Å². The van der Waals surface area contributed by atoms with Crippen molar-refractivity contribution in [3.8, 4) is 11.6 Å². The summed E-state index contributed by atoms with van der Waals surface area (Å²) in [6.45, 7) is 11.4. The standard InChI is InChI=1S/C28H33FN6O2/c1-3-34-11-13-35(14-12-34)15-16-36-28-26-24(32-33-28)9-10-30-27(26)31-23-7-8-25(20(2)17-23)37-19-21-5-4-6-22(29)18-21/h4-10,17-18H,3,11-16,19H2,1-2H3,(H,30,31)(H,32,33). The second kappa shape index (κ2) is 11.6. The number of halogens is 1. The molecule has 1 fully saturated rings. The second-order valence-electron chi connectivity index (χ2n) is 9.26. The number of nitrogens with zero attached hydrogens (tertiary/aromatic N) is 4. The molecule has 0 bridgehead atoms. The number of piperazine rings is 1. The average molecular weight is 505 g/mol. The lowest BCUT2D eigenvalue weighted by Crippen LogP contribution is -2.47. The summed E-state index contributed by atoms with van der Waals surface area (Å²) < 4.78 is 25.4. The van der Waals surface area contributed by atoms with Crippen molar-refractivity contribution in [3.63, 3.8) is 0 Å². The van der Waals surface area contributed by atoms with Gasteiger partial charge in [-0.05, 0) is 61.0 Å². The molecule has 0 radical (unpaired) electrons. The minimum Gasteiger partial charge on any atom is -0.489 e. The quantitative estimate of drug-likeness (QED) is 0.323. The van der Waals surface area contributed by atoms with Crippen LogP contribution < -0.4 is 14.8 Å². The second-order valence-corrected chi connectivity index (χ2v) is 9.26. The van der Waals surface area contributed by atoms with Crippen molar-refractivity contribution in [2.24, 2.45) is 0 Å². The number of likely N-dealkylation sites (N-methyl/N-ethyl adjacent to an activating group) is 1. The Morgan fingerprint density at radius 3 is 2.65 bits per heavy atom. The van der Waals surface area contributed by atoms with E-state index in [1.807, 2.05) is 37.3 Å². The van der Waals surface area contributed by atoms with Crippen LogP contribution in [0.1, 0.15) is 18.1 Å². The molecule has 9 heteroatoms. The fourth-order valence-corrected chi connectivity index (χ4v) is 4.55. The van der Waals surface area contributed by atoms with Gasteiger partial charge in [0.1, 0.15) is 36.0 Å². The molecule has 1 aliphatic heterocycles. The third kappa shape index (κ3) is 6.18. The molecular weight excluding hydrogens is 471 g/mol. The molecule has 0 amide bonds. The smallest absolute Gasteiger partial charge is 0.244 e. The molecule has 2 N–H and O–H groups in total. The maximum absolute atomic E-state index is 13.4. The minimum absolute atomic E-state index is 0.267. The molecule has 0 atom stereocenters.